The Morgan fingerprint density at radius 3 is 2.49 bits per heavy atom. The van der Waals surface area contributed by atoms with Gasteiger partial charge in [0.1, 0.15) is 12.6 Å². The van der Waals surface area contributed by atoms with Crippen LogP contribution >= 0.6 is 0 Å². The van der Waals surface area contributed by atoms with Crippen LogP contribution in [-0.4, -0.2) is 42.4 Å². The Kier molecular flexibility index (Phi) is 9.35. The summed E-state index contributed by atoms with van der Waals surface area (Å²) in [6, 6.07) is 15.2. The van der Waals surface area contributed by atoms with Crippen LogP contribution < -0.4 is 29.7 Å². The largest absolute Gasteiger partial charge is 0.490 e. The molecule has 3 aromatic rings. The van der Waals surface area contributed by atoms with Crippen molar-refractivity contribution in [3.63, 3.8) is 0 Å². The zero-order valence-electron chi connectivity index (χ0n) is 22.8. The summed E-state index contributed by atoms with van der Waals surface area (Å²) in [6.45, 7) is 6.15. The van der Waals surface area contributed by atoms with Gasteiger partial charge in [0.25, 0.3) is 17.5 Å². The number of rotatable bonds is 12. The molecule has 3 aromatic carbocycles. The normalized spacial score (nSPS) is 12.7. The first kappa shape index (κ1) is 28.9. The number of carbonyl (C=O) groups is 2. The summed E-state index contributed by atoms with van der Waals surface area (Å²) in [7, 11) is 0. The van der Waals surface area contributed by atoms with Gasteiger partial charge in [0, 0.05) is 17.7 Å². The van der Waals surface area contributed by atoms with Gasteiger partial charge in [-0.2, -0.15) is 5.10 Å². The topological polar surface area (TPSA) is 151 Å². The van der Waals surface area contributed by atoms with E-state index < -0.39 is 22.8 Å². The van der Waals surface area contributed by atoms with Crippen molar-refractivity contribution in [1.82, 2.24) is 10.7 Å². The number of amides is 2. The Morgan fingerprint density at radius 1 is 1.02 bits per heavy atom. The number of hydrogen-bond acceptors (Lipinski definition) is 9. The molecule has 0 fully saturated rings. The van der Waals surface area contributed by atoms with Crippen LogP contribution in [0.25, 0.3) is 0 Å². The second-order valence-corrected chi connectivity index (χ2v) is 9.35. The number of nitro benzene ring substituents is 1. The molecule has 1 heterocycles. The zero-order valence-corrected chi connectivity index (χ0v) is 22.8. The van der Waals surface area contributed by atoms with Crippen molar-refractivity contribution in [1.29, 1.82) is 0 Å². The molecule has 0 aromatic heterocycles. The summed E-state index contributed by atoms with van der Waals surface area (Å²) in [5.74, 6) is 0.885. The minimum absolute atomic E-state index is 0.00582. The minimum Gasteiger partial charge on any atom is -0.490 e. The maximum absolute atomic E-state index is 12.9. The van der Waals surface area contributed by atoms with Crippen LogP contribution in [0.15, 0.2) is 65.8 Å². The highest BCUT2D eigenvalue weighted by Crippen LogP contribution is 2.32. The number of non-ortho nitro benzene ring substituents is 1. The van der Waals surface area contributed by atoms with Crippen molar-refractivity contribution >= 4 is 23.7 Å². The maximum atomic E-state index is 12.9. The Labute approximate surface area is 236 Å². The number of nitrogens with zero attached hydrogens (tertiary/aromatic N) is 2. The van der Waals surface area contributed by atoms with E-state index in [1.165, 1.54) is 18.3 Å². The Bertz CT molecular complexity index is 1440. The lowest BCUT2D eigenvalue weighted by atomic mass is 10.0. The second kappa shape index (κ2) is 13.3. The number of nitro groups is 1. The first-order valence-electron chi connectivity index (χ1n) is 12.9. The Hall–Kier alpha value is -5.13. The van der Waals surface area contributed by atoms with Crippen molar-refractivity contribution < 1.29 is 33.5 Å². The molecule has 12 nitrogen and oxygen atoms in total. The van der Waals surface area contributed by atoms with Gasteiger partial charge in [-0.3, -0.25) is 19.7 Å². The molecule has 0 spiro atoms. The van der Waals surface area contributed by atoms with Crippen LogP contribution in [0.5, 0.6) is 23.0 Å². The van der Waals surface area contributed by atoms with Crippen molar-refractivity contribution in [2.24, 2.45) is 11.0 Å². The highest BCUT2D eigenvalue weighted by molar-refractivity contribution is 5.98. The van der Waals surface area contributed by atoms with E-state index in [1.54, 1.807) is 48.5 Å². The molecule has 4 rings (SSSR count). The monoisotopic (exact) mass is 562 g/mol. The van der Waals surface area contributed by atoms with Crippen LogP contribution in [-0.2, 0) is 11.4 Å². The van der Waals surface area contributed by atoms with Gasteiger partial charge in [0.15, 0.2) is 23.0 Å². The van der Waals surface area contributed by atoms with Gasteiger partial charge in [-0.25, -0.2) is 5.43 Å². The molecule has 1 unspecified atom stereocenters. The van der Waals surface area contributed by atoms with E-state index in [2.05, 4.69) is 15.8 Å². The number of hydrazone groups is 1. The Morgan fingerprint density at radius 2 is 1.78 bits per heavy atom. The SMILES string of the molecule is CCOc1cc(C=NNC(=O)C(NC(=O)c2ccc3c(c2)OCO3)C(C)C)ccc1OCc1ccc([N+](=O)[O-])cc1. The summed E-state index contributed by atoms with van der Waals surface area (Å²) in [4.78, 5) is 36.0. The second-order valence-electron chi connectivity index (χ2n) is 9.35. The number of nitrogens with one attached hydrogen (secondary N) is 2. The van der Waals surface area contributed by atoms with Crippen LogP contribution in [0.3, 0.4) is 0 Å². The third-order valence-electron chi connectivity index (χ3n) is 6.07. The molecular formula is C29H30N4O8. The van der Waals surface area contributed by atoms with Crippen molar-refractivity contribution in [2.45, 2.75) is 33.4 Å². The van der Waals surface area contributed by atoms with E-state index in [0.29, 0.717) is 40.7 Å². The molecule has 0 saturated carbocycles. The molecule has 0 bridgehead atoms. The van der Waals surface area contributed by atoms with Crippen LogP contribution in [0.1, 0.15) is 42.3 Å². The lowest BCUT2D eigenvalue weighted by molar-refractivity contribution is -0.384. The molecular weight excluding hydrogens is 532 g/mol. The fraction of sp³-hybridized carbons (Fsp3) is 0.276. The third-order valence-corrected chi connectivity index (χ3v) is 6.07. The summed E-state index contributed by atoms with van der Waals surface area (Å²) in [5, 5.41) is 17.6. The standard InChI is InChI=1S/C29H30N4O8/c1-4-38-25-13-20(7-11-23(25)39-16-19-5-9-22(10-6-19)33(36)37)15-30-32-29(35)27(18(2)3)31-28(34)21-8-12-24-26(14-21)41-17-40-24/h5-15,18,27H,4,16-17H2,1-3H3,(H,31,34)(H,32,35). The molecule has 1 atom stereocenters. The molecule has 2 N–H and O–H groups in total. The quantitative estimate of drug-likeness (QED) is 0.189. The highest BCUT2D eigenvalue weighted by Gasteiger charge is 2.25. The van der Waals surface area contributed by atoms with Gasteiger partial charge in [-0.15, -0.1) is 0 Å². The van der Waals surface area contributed by atoms with Gasteiger partial charge in [-0.1, -0.05) is 13.8 Å². The van der Waals surface area contributed by atoms with Crippen molar-refractivity contribution in [3.05, 3.63) is 87.5 Å². The molecule has 1 aliphatic heterocycles. The molecule has 0 aliphatic carbocycles. The molecule has 2 amide bonds. The van der Waals surface area contributed by atoms with E-state index >= 15 is 0 Å². The minimum atomic E-state index is -0.834. The van der Waals surface area contributed by atoms with Crippen molar-refractivity contribution in [3.8, 4) is 23.0 Å². The molecule has 214 valence electrons. The molecule has 0 radical (unpaired) electrons. The van der Waals surface area contributed by atoms with Crippen molar-refractivity contribution in [2.75, 3.05) is 13.4 Å². The van der Waals surface area contributed by atoms with E-state index in [4.69, 9.17) is 18.9 Å². The van der Waals surface area contributed by atoms with E-state index in [1.807, 2.05) is 20.8 Å². The number of hydrogen-bond donors (Lipinski definition) is 2. The predicted octanol–water partition coefficient (Wildman–Crippen LogP) is 4.21. The maximum Gasteiger partial charge on any atom is 0.269 e. The number of ether oxygens (including phenoxy) is 4. The molecule has 41 heavy (non-hydrogen) atoms. The van der Waals surface area contributed by atoms with Gasteiger partial charge < -0.3 is 24.3 Å². The summed E-state index contributed by atoms with van der Waals surface area (Å²) in [5.41, 5.74) is 4.24. The average Bonchev–Trinajstić information content (AvgIpc) is 3.43. The Balaban J connectivity index is 1.36. The van der Waals surface area contributed by atoms with E-state index in [-0.39, 0.29) is 25.0 Å². The number of benzene rings is 3. The molecule has 1 aliphatic rings. The lowest BCUT2D eigenvalue weighted by Gasteiger charge is -2.20. The van der Waals surface area contributed by atoms with Gasteiger partial charge in [0.05, 0.1) is 17.7 Å². The van der Waals surface area contributed by atoms with Gasteiger partial charge >= 0.3 is 0 Å². The van der Waals surface area contributed by atoms with E-state index in [9.17, 15) is 19.7 Å². The zero-order chi connectivity index (χ0) is 29.4. The fourth-order valence-electron chi connectivity index (χ4n) is 3.90. The van der Waals surface area contributed by atoms with E-state index in [0.717, 1.165) is 5.56 Å². The smallest absolute Gasteiger partial charge is 0.269 e. The number of fused-ring (bicyclic) bond motifs is 1. The molecule has 12 heteroatoms. The first-order valence-corrected chi connectivity index (χ1v) is 12.9. The third kappa shape index (κ3) is 7.50. The molecule has 0 saturated heterocycles. The average molecular weight is 563 g/mol. The highest BCUT2D eigenvalue weighted by atomic mass is 16.7. The summed E-state index contributed by atoms with van der Waals surface area (Å²) >= 11 is 0. The first-order chi connectivity index (χ1) is 19.7. The summed E-state index contributed by atoms with van der Waals surface area (Å²) in [6.07, 6.45) is 1.46. The summed E-state index contributed by atoms with van der Waals surface area (Å²) < 4.78 is 22.2. The van der Waals surface area contributed by atoms with Gasteiger partial charge in [0.2, 0.25) is 6.79 Å². The lowest BCUT2D eigenvalue weighted by Crippen LogP contribution is -2.48. The fourth-order valence-corrected chi connectivity index (χ4v) is 3.90. The van der Waals surface area contributed by atoms with Crippen LogP contribution in [0.4, 0.5) is 5.69 Å². The van der Waals surface area contributed by atoms with Gasteiger partial charge in [-0.05, 0) is 72.5 Å². The predicted molar refractivity (Wildman–Crippen MR) is 149 cm³/mol. The number of carbonyl (C=O) groups excluding carboxylic acids is 2. The van der Waals surface area contributed by atoms with Crippen LogP contribution in [0.2, 0.25) is 0 Å². The van der Waals surface area contributed by atoms with Crippen LogP contribution in [0, 0.1) is 16.0 Å².